The molecule has 22 heavy (non-hydrogen) atoms. The van der Waals surface area contributed by atoms with Crippen LogP contribution in [0, 0.1) is 31.3 Å². The molecule has 0 atom stereocenters. The molecule has 0 radical (unpaired) electrons. The number of carbonyl (C=O) groups excluding carboxylic acids is 1. The Bertz CT molecular complexity index is 697. The first-order valence-corrected chi connectivity index (χ1v) is 6.62. The van der Waals surface area contributed by atoms with E-state index in [0.29, 0.717) is 0 Å². The molecule has 0 heterocycles. The number of hydrogen-bond donors (Lipinski definition) is 2. The number of urea groups is 1. The fourth-order valence-corrected chi connectivity index (χ4v) is 2.14. The van der Waals surface area contributed by atoms with Crippen molar-refractivity contribution in [1.29, 1.82) is 0 Å². The van der Waals surface area contributed by atoms with E-state index in [1.165, 1.54) is 0 Å². The third-order valence-electron chi connectivity index (χ3n) is 3.02. The molecule has 2 rings (SSSR count). The maximum atomic E-state index is 13.4. The van der Waals surface area contributed by atoms with Gasteiger partial charge in [0, 0.05) is 6.54 Å². The number of nitrogens with one attached hydrogen (secondary N) is 2. The largest absolute Gasteiger partial charge is 0.334 e. The Morgan fingerprint density at radius 1 is 1.00 bits per heavy atom. The molecule has 0 spiro atoms. The van der Waals surface area contributed by atoms with Gasteiger partial charge in [-0.05, 0) is 31.5 Å². The fourth-order valence-electron chi connectivity index (χ4n) is 2.14. The van der Waals surface area contributed by atoms with Gasteiger partial charge in [0.15, 0.2) is 17.5 Å². The topological polar surface area (TPSA) is 41.1 Å². The van der Waals surface area contributed by atoms with E-state index in [2.05, 4.69) is 10.6 Å². The molecular weight excluding hydrogens is 293 g/mol. The number of aryl methyl sites for hydroxylation is 2. The van der Waals surface area contributed by atoms with Gasteiger partial charge in [-0.1, -0.05) is 29.3 Å². The van der Waals surface area contributed by atoms with E-state index >= 15 is 0 Å². The Morgan fingerprint density at radius 3 is 2.27 bits per heavy atom. The molecule has 3 nitrogen and oxygen atoms in total. The minimum Gasteiger partial charge on any atom is -0.334 e. The van der Waals surface area contributed by atoms with Crippen molar-refractivity contribution in [2.45, 2.75) is 20.4 Å². The van der Waals surface area contributed by atoms with Crippen molar-refractivity contribution in [1.82, 2.24) is 5.32 Å². The predicted octanol–water partition coefficient (Wildman–Crippen LogP) is 4.04. The summed E-state index contributed by atoms with van der Waals surface area (Å²) in [4.78, 5) is 11.7. The first-order chi connectivity index (χ1) is 10.4. The van der Waals surface area contributed by atoms with Crippen molar-refractivity contribution < 1.29 is 18.0 Å². The van der Waals surface area contributed by atoms with Crippen molar-refractivity contribution in [3.8, 4) is 0 Å². The van der Waals surface area contributed by atoms with E-state index < -0.39 is 29.2 Å². The highest BCUT2D eigenvalue weighted by Crippen LogP contribution is 2.19. The van der Waals surface area contributed by atoms with Crippen LogP contribution in [-0.4, -0.2) is 6.03 Å². The Hall–Kier alpha value is -2.50. The maximum absolute atomic E-state index is 13.4. The van der Waals surface area contributed by atoms with E-state index in [-0.39, 0.29) is 6.54 Å². The van der Waals surface area contributed by atoms with Crippen LogP contribution in [0.2, 0.25) is 0 Å². The third-order valence-corrected chi connectivity index (χ3v) is 3.02. The van der Waals surface area contributed by atoms with Gasteiger partial charge in [-0.2, -0.15) is 0 Å². The predicted molar refractivity (Wildman–Crippen MR) is 78.1 cm³/mol. The lowest BCUT2D eigenvalue weighted by atomic mass is 10.1. The average molecular weight is 308 g/mol. The molecule has 6 heteroatoms. The number of carbonyl (C=O) groups is 1. The summed E-state index contributed by atoms with van der Waals surface area (Å²) in [6, 6.07) is 6.82. The van der Waals surface area contributed by atoms with Crippen LogP contribution in [0.25, 0.3) is 0 Å². The molecule has 0 aromatic heterocycles. The second-order valence-electron chi connectivity index (χ2n) is 5.03. The minimum atomic E-state index is -1.62. The minimum absolute atomic E-state index is 0.236. The van der Waals surface area contributed by atoms with Gasteiger partial charge in [-0.3, -0.25) is 0 Å². The SMILES string of the molecule is Cc1cc(C)cc(CNC(=O)Nc2ccc(F)c(F)c2F)c1. The molecule has 0 unspecified atom stereocenters. The first kappa shape index (κ1) is 15.9. The maximum Gasteiger partial charge on any atom is 0.319 e. The summed E-state index contributed by atoms with van der Waals surface area (Å²) >= 11 is 0. The fraction of sp³-hybridized carbons (Fsp3) is 0.188. The first-order valence-electron chi connectivity index (χ1n) is 6.62. The molecule has 0 aliphatic carbocycles. The number of benzene rings is 2. The summed E-state index contributed by atoms with van der Waals surface area (Å²) in [6.07, 6.45) is 0. The molecule has 2 aromatic carbocycles. The zero-order valence-corrected chi connectivity index (χ0v) is 12.1. The van der Waals surface area contributed by atoms with E-state index in [9.17, 15) is 18.0 Å². The molecule has 0 saturated heterocycles. The summed E-state index contributed by atoms with van der Waals surface area (Å²) in [5.74, 6) is -4.35. The zero-order valence-electron chi connectivity index (χ0n) is 12.1. The van der Waals surface area contributed by atoms with Crippen molar-refractivity contribution in [3.63, 3.8) is 0 Å². The highest BCUT2D eigenvalue weighted by atomic mass is 19.2. The lowest BCUT2D eigenvalue weighted by Gasteiger charge is -2.10. The van der Waals surface area contributed by atoms with Gasteiger partial charge in [-0.15, -0.1) is 0 Å². The highest BCUT2D eigenvalue weighted by Gasteiger charge is 2.14. The summed E-state index contributed by atoms with van der Waals surface area (Å²) in [6.45, 7) is 4.11. The number of hydrogen-bond acceptors (Lipinski definition) is 1. The van der Waals surface area contributed by atoms with Gasteiger partial charge in [0.1, 0.15) is 0 Å². The van der Waals surface area contributed by atoms with Crippen molar-refractivity contribution in [3.05, 3.63) is 64.5 Å². The van der Waals surface area contributed by atoms with Crippen LogP contribution in [-0.2, 0) is 6.54 Å². The number of halogens is 3. The van der Waals surface area contributed by atoms with E-state index in [1.807, 2.05) is 32.0 Å². The monoisotopic (exact) mass is 308 g/mol. The molecule has 2 amide bonds. The van der Waals surface area contributed by atoms with Gasteiger partial charge in [0.25, 0.3) is 0 Å². The normalized spacial score (nSPS) is 10.4. The Labute approximate surface area is 126 Å². The van der Waals surface area contributed by atoms with Gasteiger partial charge in [0.05, 0.1) is 5.69 Å². The second-order valence-corrected chi connectivity index (χ2v) is 5.03. The Kier molecular flexibility index (Phi) is 4.70. The van der Waals surface area contributed by atoms with Crippen LogP contribution in [0.15, 0.2) is 30.3 Å². The second kappa shape index (κ2) is 6.51. The molecule has 0 aliphatic rings. The molecule has 0 saturated carbocycles. The van der Waals surface area contributed by atoms with E-state index in [1.54, 1.807) is 0 Å². The van der Waals surface area contributed by atoms with Gasteiger partial charge >= 0.3 is 6.03 Å². The molecular formula is C16H15F3N2O. The van der Waals surface area contributed by atoms with Crippen molar-refractivity contribution >= 4 is 11.7 Å². The van der Waals surface area contributed by atoms with Crippen LogP contribution >= 0.6 is 0 Å². The highest BCUT2D eigenvalue weighted by molar-refractivity contribution is 5.89. The number of rotatable bonds is 3. The summed E-state index contributed by atoms with van der Waals surface area (Å²) in [7, 11) is 0. The lowest BCUT2D eigenvalue weighted by Crippen LogP contribution is -2.28. The number of anilines is 1. The van der Waals surface area contributed by atoms with Gasteiger partial charge in [0.2, 0.25) is 0 Å². The van der Waals surface area contributed by atoms with Crippen molar-refractivity contribution in [2.24, 2.45) is 0 Å². The Balaban J connectivity index is 2.00. The lowest BCUT2D eigenvalue weighted by molar-refractivity contribution is 0.251. The summed E-state index contributed by atoms with van der Waals surface area (Å²) in [5, 5.41) is 4.68. The molecule has 0 bridgehead atoms. The van der Waals surface area contributed by atoms with Crippen LogP contribution in [0.3, 0.4) is 0 Å². The summed E-state index contributed by atoms with van der Waals surface area (Å²) < 4.78 is 39.3. The standard InChI is InChI=1S/C16H15F3N2O/c1-9-5-10(2)7-11(6-9)8-20-16(22)21-13-4-3-12(17)14(18)15(13)19/h3-7H,8H2,1-2H3,(H2,20,21,22). The zero-order chi connectivity index (χ0) is 16.3. The molecule has 2 N–H and O–H groups in total. The number of amides is 2. The average Bonchev–Trinajstić information content (AvgIpc) is 2.45. The molecule has 0 fully saturated rings. The van der Waals surface area contributed by atoms with Crippen LogP contribution in [0.5, 0.6) is 0 Å². The molecule has 2 aromatic rings. The van der Waals surface area contributed by atoms with E-state index in [4.69, 9.17) is 0 Å². The van der Waals surface area contributed by atoms with Crippen LogP contribution in [0.4, 0.5) is 23.7 Å². The van der Waals surface area contributed by atoms with Crippen molar-refractivity contribution in [2.75, 3.05) is 5.32 Å². The third kappa shape index (κ3) is 3.78. The van der Waals surface area contributed by atoms with Gasteiger partial charge in [-0.25, -0.2) is 18.0 Å². The summed E-state index contributed by atoms with van der Waals surface area (Å²) in [5.41, 5.74) is 2.59. The smallest absolute Gasteiger partial charge is 0.319 e. The van der Waals surface area contributed by atoms with Crippen LogP contribution < -0.4 is 10.6 Å². The van der Waals surface area contributed by atoms with Gasteiger partial charge < -0.3 is 10.6 Å². The molecule has 0 aliphatic heterocycles. The van der Waals surface area contributed by atoms with Crippen LogP contribution in [0.1, 0.15) is 16.7 Å². The Morgan fingerprint density at radius 2 is 1.64 bits per heavy atom. The quantitative estimate of drug-likeness (QED) is 0.825. The van der Waals surface area contributed by atoms with E-state index in [0.717, 1.165) is 28.8 Å². The molecule has 116 valence electrons.